The number of anilines is 1. The van der Waals surface area contributed by atoms with Gasteiger partial charge in [0.05, 0.1) is 0 Å². The maximum atomic E-state index is 5.84. The SMILES string of the molecule is Clc1ccc(SCCNc2ccc(Br)cc2)cc1. The Labute approximate surface area is 125 Å². The summed E-state index contributed by atoms with van der Waals surface area (Å²) >= 11 is 11.1. The van der Waals surface area contributed by atoms with Crippen LogP contribution < -0.4 is 5.32 Å². The summed E-state index contributed by atoms with van der Waals surface area (Å²) in [6, 6.07) is 16.1. The van der Waals surface area contributed by atoms with Crippen molar-refractivity contribution < 1.29 is 0 Å². The van der Waals surface area contributed by atoms with Gasteiger partial charge in [-0.2, -0.15) is 0 Å². The summed E-state index contributed by atoms with van der Waals surface area (Å²) in [5, 5.41) is 4.17. The van der Waals surface area contributed by atoms with Gasteiger partial charge in [0, 0.05) is 32.4 Å². The molecule has 0 spiro atoms. The molecule has 0 aliphatic heterocycles. The summed E-state index contributed by atoms with van der Waals surface area (Å²) in [7, 11) is 0. The first-order valence-electron chi connectivity index (χ1n) is 5.62. The van der Waals surface area contributed by atoms with E-state index in [2.05, 4.69) is 33.4 Å². The first kappa shape index (κ1) is 13.8. The van der Waals surface area contributed by atoms with E-state index in [0.717, 1.165) is 27.5 Å². The van der Waals surface area contributed by atoms with E-state index in [0.29, 0.717) is 0 Å². The van der Waals surface area contributed by atoms with Crippen molar-refractivity contribution in [1.29, 1.82) is 0 Å². The second kappa shape index (κ2) is 7.07. The predicted molar refractivity (Wildman–Crippen MR) is 84.8 cm³/mol. The molecule has 0 bridgehead atoms. The molecule has 0 aliphatic rings. The van der Waals surface area contributed by atoms with Crippen LogP contribution in [-0.4, -0.2) is 12.3 Å². The third-order valence-corrected chi connectivity index (χ3v) is 4.15. The summed E-state index contributed by atoms with van der Waals surface area (Å²) in [6.07, 6.45) is 0. The molecule has 18 heavy (non-hydrogen) atoms. The number of hydrogen-bond donors (Lipinski definition) is 1. The maximum Gasteiger partial charge on any atom is 0.0406 e. The van der Waals surface area contributed by atoms with E-state index < -0.39 is 0 Å². The summed E-state index contributed by atoms with van der Waals surface area (Å²) < 4.78 is 1.10. The minimum absolute atomic E-state index is 0.785. The fraction of sp³-hybridized carbons (Fsp3) is 0.143. The average Bonchev–Trinajstić information content (AvgIpc) is 2.39. The molecular formula is C14H13BrClNS. The molecule has 1 nitrogen and oxygen atoms in total. The molecule has 0 fully saturated rings. The summed E-state index contributed by atoms with van der Waals surface area (Å²) in [5.41, 5.74) is 1.15. The molecule has 0 aromatic heterocycles. The van der Waals surface area contributed by atoms with E-state index in [9.17, 15) is 0 Å². The van der Waals surface area contributed by atoms with E-state index in [1.165, 1.54) is 4.90 Å². The highest BCUT2D eigenvalue weighted by Gasteiger charge is 1.95. The average molecular weight is 343 g/mol. The molecule has 0 atom stereocenters. The van der Waals surface area contributed by atoms with Crippen molar-refractivity contribution in [2.24, 2.45) is 0 Å². The van der Waals surface area contributed by atoms with Crippen LogP contribution in [-0.2, 0) is 0 Å². The van der Waals surface area contributed by atoms with Gasteiger partial charge < -0.3 is 5.32 Å². The van der Waals surface area contributed by atoms with Gasteiger partial charge in [0.15, 0.2) is 0 Å². The van der Waals surface area contributed by atoms with Gasteiger partial charge in [-0.1, -0.05) is 27.5 Å². The minimum atomic E-state index is 0.785. The fourth-order valence-electron chi connectivity index (χ4n) is 1.46. The summed E-state index contributed by atoms with van der Waals surface area (Å²) in [5.74, 6) is 1.03. The minimum Gasteiger partial charge on any atom is -0.384 e. The van der Waals surface area contributed by atoms with Gasteiger partial charge in [0.1, 0.15) is 0 Å². The first-order valence-corrected chi connectivity index (χ1v) is 7.77. The Balaban J connectivity index is 1.73. The third kappa shape index (κ3) is 4.56. The molecule has 2 rings (SSSR count). The molecule has 4 heteroatoms. The second-order valence-electron chi connectivity index (χ2n) is 3.74. The quantitative estimate of drug-likeness (QED) is 0.584. The standard InChI is InChI=1S/C14H13BrClNS/c15-11-1-5-13(6-2-11)17-9-10-18-14-7-3-12(16)4-8-14/h1-8,17H,9-10H2. The van der Waals surface area contributed by atoms with Crippen molar-refractivity contribution in [2.45, 2.75) is 4.90 Å². The maximum absolute atomic E-state index is 5.84. The van der Waals surface area contributed by atoms with Gasteiger partial charge >= 0.3 is 0 Å². The van der Waals surface area contributed by atoms with Crippen molar-refractivity contribution in [3.05, 3.63) is 58.0 Å². The highest BCUT2D eigenvalue weighted by atomic mass is 79.9. The zero-order valence-corrected chi connectivity index (χ0v) is 12.9. The number of rotatable bonds is 5. The predicted octanol–water partition coefficient (Wildman–Crippen LogP) is 5.31. The van der Waals surface area contributed by atoms with Crippen LogP contribution in [0.2, 0.25) is 5.02 Å². The van der Waals surface area contributed by atoms with E-state index in [-0.39, 0.29) is 0 Å². The van der Waals surface area contributed by atoms with Gasteiger partial charge in [-0.25, -0.2) is 0 Å². The van der Waals surface area contributed by atoms with Crippen LogP contribution in [0.5, 0.6) is 0 Å². The molecule has 0 saturated carbocycles. The molecule has 2 aromatic carbocycles. The number of hydrogen-bond acceptors (Lipinski definition) is 2. The van der Waals surface area contributed by atoms with E-state index in [4.69, 9.17) is 11.6 Å². The number of benzene rings is 2. The summed E-state index contributed by atoms with van der Waals surface area (Å²) in [6.45, 7) is 0.939. The topological polar surface area (TPSA) is 12.0 Å². The van der Waals surface area contributed by atoms with Crippen molar-refractivity contribution >= 4 is 45.0 Å². The lowest BCUT2D eigenvalue weighted by Crippen LogP contribution is -2.03. The second-order valence-corrected chi connectivity index (χ2v) is 6.26. The van der Waals surface area contributed by atoms with E-state index in [1.807, 2.05) is 48.2 Å². The molecule has 0 saturated heterocycles. The van der Waals surface area contributed by atoms with Crippen LogP contribution in [0.1, 0.15) is 0 Å². The van der Waals surface area contributed by atoms with Gasteiger partial charge in [-0.05, 0) is 48.5 Å². The third-order valence-electron chi connectivity index (χ3n) is 2.36. The lowest BCUT2D eigenvalue weighted by Gasteiger charge is -2.06. The molecule has 0 unspecified atom stereocenters. The fourth-order valence-corrected chi connectivity index (χ4v) is 2.62. The van der Waals surface area contributed by atoms with Crippen LogP contribution in [0.15, 0.2) is 57.9 Å². The Morgan fingerprint density at radius 3 is 2.33 bits per heavy atom. The molecular weight excluding hydrogens is 330 g/mol. The van der Waals surface area contributed by atoms with Crippen LogP contribution in [0, 0.1) is 0 Å². The zero-order valence-electron chi connectivity index (χ0n) is 9.70. The van der Waals surface area contributed by atoms with Gasteiger partial charge in [0.2, 0.25) is 0 Å². The molecule has 1 N–H and O–H groups in total. The smallest absolute Gasteiger partial charge is 0.0406 e. The Hall–Kier alpha value is -0.640. The lowest BCUT2D eigenvalue weighted by atomic mass is 10.3. The van der Waals surface area contributed by atoms with Gasteiger partial charge in [-0.3, -0.25) is 0 Å². The van der Waals surface area contributed by atoms with Crippen molar-refractivity contribution in [1.82, 2.24) is 0 Å². The first-order chi connectivity index (χ1) is 8.74. The molecule has 0 radical (unpaired) electrons. The summed E-state index contributed by atoms with van der Waals surface area (Å²) in [4.78, 5) is 1.25. The lowest BCUT2D eigenvalue weighted by molar-refractivity contribution is 1.22. The van der Waals surface area contributed by atoms with Crippen molar-refractivity contribution in [3.8, 4) is 0 Å². The largest absolute Gasteiger partial charge is 0.384 e. The monoisotopic (exact) mass is 341 g/mol. The van der Waals surface area contributed by atoms with E-state index in [1.54, 1.807) is 0 Å². The Bertz CT molecular complexity index is 437. The van der Waals surface area contributed by atoms with E-state index >= 15 is 0 Å². The van der Waals surface area contributed by atoms with Crippen molar-refractivity contribution in [3.63, 3.8) is 0 Å². The van der Waals surface area contributed by atoms with Gasteiger partial charge in [0.25, 0.3) is 0 Å². The Kier molecular flexibility index (Phi) is 5.42. The normalized spacial score (nSPS) is 10.3. The Morgan fingerprint density at radius 1 is 1.00 bits per heavy atom. The number of nitrogens with one attached hydrogen (secondary N) is 1. The van der Waals surface area contributed by atoms with Crippen LogP contribution in [0.4, 0.5) is 5.69 Å². The van der Waals surface area contributed by atoms with Crippen LogP contribution >= 0.6 is 39.3 Å². The molecule has 94 valence electrons. The highest BCUT2D eigenvalue weighted by Crippen LogP contribution is 2.20. The molecule has 0 amide bonds. The molecule has 2 aromatic rings. The Morgan fingerprint density at radius 2 is 1.67 bits per heavy atom. The highest BCUT2D eigenvalue weighted by molar-refractivity contribution is 9.10. The van der Waals surface area contributed by atoms with Gasteiger partial charge in [-0.15, -0.1) is 11.8 Å². The zero-order chi connectivity index (χ0) is 12.8. The van der Waals surface area contributed by atoms with Crippen LogP contribution in [0.25, 0.3) is 0 Å². The molecule has 0 aliphatic carbocycles. The van der Waals surface area contributed by atoms with Crippen molar-refractivity contribution in [2.75, 3.05) is 17.6 Å². The molecule has 0 heterocycles. The number of halogens is 2. The number of thioether (sulfide) groups is 1. The van der Waals surface area contributed by atoms with Crippen LogP contribution in [0.3, 0.4) is 0 Å².